The Kier molecular flexibility index (Phi) is 4.32. The van der Waals surface area contributed by atoms with E-state index >= 15 is 0 Å². The fourth-order valence-electron chi connectivity index (χ4n) is 1.52. The molecule has 0 bridgehead atoms. The SMILES string of the molecule is CCOC1CC(O)(C(F)(F)F)N=C(SC)N1C. The van der Waals surface area contributed by atoms with Crippen molar-refractivity contribution < 1.29 is 23.0 Å². The van der Waals surface area contributed by atoms with Crippen molar-refractivity contribution in [2.24, 2.45) is 4.99 Å². The molecular formula is C9H15F3N2O2S. The molecule has 1 aliphatic rings. The van der Waals surface area contributed by atoms with Gasteiger partial charge in [0, 0.05) is 13.7 Å². The summed E-state index contributed by atoms with van der Waals surface area (Å²) in [4.78, 5) is 4.87. The van der Waals surface area contributed by atoms with Gasteiger partial charge in [0.15, 0.2) is 5.17 Å². The third kappa shape index (κ3) is 2.86. The van der Waals surface area contributed by atoms with E-state index in [9.17, 15) is 18.3 Å². The van der Waals surface area contributed by atoms with Gasteiger partial charge in [0.1, 0.15) is 6.23 Å². The summed E-state index contributed by atoms with van der Waals surface area (Å²) in [6, 6.07) is 0. The van der Waals surface area contributed by atoms with Crippen molar-refractivity contribution in [1.82, 2.24) is 4.90 Å². The second-order valence-electron chi connectivity index (χ2n) is 3.64. The van der Waals surface area contributed by atoms with Crippen LogP contribution in [0.2, 0.25) is 0 Å². The highest BCUT2D eigenvalue weighted by Gasteiger charge is 2.58. The summed E-state index contributed by atoms with van der Waals surface area (Å²) in [7, 11) is 1.59. The minimum Gasteiger partial charge on any atom is -0.362 e. The van der Waals surface area contributed by atoms with E-state index in [4.69, 9.17) is 4.74 Å². The molecule has 8 heteroatoms. The predicted octanol–water partition coefficient (Wildman–Crippen LogP) is 1.65. The van der Waals surface area contributed by atoms with Gasteiger partial charge in [-0.15, -0.1) is 0 Å². The summed E-state index contributed by atoms with van der Waals surface area (Å²) >= 11 is 1.04. The van der Waals surface area contributed by atoms with Crippen molar-refractivity contribution in [1.29, 1.82) is 0 Å². The van der Waals surface area contributed by atoms with Gasteiger partial charge in [0.2, 0.25) is 0 Å². The van der Waals surface area contributed by atoms with E-state index in [1.165, 1.54) is 4.90 Å². The Balaban J connectivity index is 3.06. The second-order valence-corrected chi connectivity index (χ2v) is 4.41. The van der Waals surface area contributed by atoms with E-state index in [1.807, 2.05) is 0 Å². The lowest BCUT2D eigenvalue weighted by atomic mass is 10.1. The first-order valence-electron chi connectivity index (χ1n) is 5.02. The molecule has 0 aliphatic carbocycles. The smallest absolute Gasteiger partial charge is 0.362 e. The Hall–Kier alpha value is -0.470. The topological polar surface area (TPSA) is 45.1 Å². The zero-order chi connectivity index (χ0) is 13.3. The predicted molar refractivity (Wildman–Crippen MR) is 59.7 cm³/mol. The lowest BCUT2D eigenvalue weighted by molar-refractivity contribution is -0.274. The number of hydrogen-bond donors (Lipinski definition) is 1. The van der Waals surface area contributed by atoms with Crippen molar-refractivity contribution in [3.05, 3.63) is 0 Å². The summed E-state index contributed by atoms with van der Waals surface area (Å²) in [6.45, 7) is 1.95. The maximum Gasteiger partial charge on any atom is 0.438 e. The van der Waals surface area contributed by atoms with Crippen molar-refractivity contribution >= 4 is 16.9 Å². The van der Waals surface area contributed by atoms with Gasteiger partial charge in [-0.1, -0.05) is 11.8 Å². The molecule has 2 atom stereocenters. The van der Waals surface area contributed by atoms with Crippen LogP contribution in [0.15, 0.2) is 4.99 Å². The van der Waals surface area contributed by atoms with Crippen LogP contribution in [0.4, 0.5) is 13.2 Å². The molecule has 0 spiro atoms. The molecule has 1 rings (SSSR count). The van der Waals surface area contributed by atoms with E-state index in [0.717, 1.165) is 11.8 Å². The van der Waals surface area contributed by atoms with Crippen LogP contribution in [0.1, 0.15) is 13.3 Å². The van der Waals surface area contributed by atoms with Crippen LogP contribution in [-0.2, 0) is 4.74 Å². The molecule has 0 aromatic rings. The third-order valence-corrected chi connectivity index (χ3v) is 3.21. The highest BCUT2D eigenvalue weighted by molar-refractivity contribution is 8.13. The number of aliphatic hydroxyl groups is 1. The number of rotatable bonds is 2. The van der Waals surface area contributed by atoms with Gasteiger partial charge in [-0.3, -0.25) is 0 Å². The van der Waals surface area contributed by atoms with Crippen molar-refractivity contribution in [3.8, 4) is 0 Å². The first-order valence-corrected chi connectivity index (χ1v) is 6.25. The summed E-state index contributed by atoms with van der Waals surface area (Å²) in [5.41, 5.74) is -3.06. The first kappa shape index (κ1) is 14.6. The molecule has 0 amide bonds. The highest BCUT2D eigenvalue weighted by Crippen LogP contribution is 2.39. The molecule has 0 saturated heterocycles. The van der Waals surface area contributed by atoms with E-state index in [0.29, 0.717) is 0 Å². The number of nitrogens with zero attached hydrogens (tertiary/aromatic N) is 2. The summed E-state index contributed by atoms with van der Waals surface area (Å²) in [5.74, 6) is 0. The third-order valence-electron chi connectivity index (χ3n) is 2.47. The molecule has 0 aromatic heterocycles. The van der Waals surface area contributed by atoms with E-state index < -0.39 is 24.6 Å². The maximum absolute atomic E-state index is 12.7. The van der Waals surface area contributed by atoms with Crippen molar-refractivity contribution in [2.45, 2.75) is 31.5 Å². The van der Waals surface area contributed by atoms with Crippen molar-refractivity contribution in [2.75, 3.05) is 19.9 Å². The molecule has 0 radical (unpaired) electrons. The van der Waals surface area contributed by atoms with Gasteiger partial charge in [0.25, 0.3) is 5.72 Å². The number of hydrogen-bond acceptors (Lipinski definition) is 5. The molecule has 0 fully saturated rings. The molecule has 100 valence electrons. The van der Waals surface area contributed by atoms with E-state index in [2.05, 4.69) is 4.99 Å². The maximum atomic E-state index is 12.7. The fourth-order valence-corrected chi connectivity index (χ4v) is 2.17. The second kappa shape index (κ2) is 5.03. The molecule has 4 nitrogen and oxygen atoms in total. The minimum atomic E-state index is -4.80. The molecule has 0 saturated carbocycles. The summed E-state index contributed by atoms with van der Waals surface area (Å²) in [6.07, 6.45) is -4.65. The lowest BCUT2D eigenvalue weighted by Gasteiger charge is -2.40. The standard InChI is InChI=1S/C9H15F3N2O2S/c1-4-16-6-5-8(15,9(10,11)12)13-7(17-3)14(6)2/h6,15H,4-5H2,1-3H3. The van der Waals surface area contributed by atoms with Crippen LogP contribution in [0.25, 0.3) is 0 Å². The van der Waals surface area contributed by atoms with Gasteiger partial charge < -0.3 is 14.7 Å². The first-order chi connectivity index (χ1) is 7.75. The Morgan fingerprint density at radius 1 is 1.65 bits per heavy atom. The minimum absolute atomic E-state index is 0.106. The zero-order valence-corrected chi connectivity index (χ0v) is 10.6. The zero-order valence-electron chi connectivity index (χ0n) is 9.78. The monoisotopic (exact) mass is 272 g/mol. The lowest BCUT2D eigenvalue weighted by Crippen LogP contribution is -2.55. The summed E-state index contributed by atoms with van der Waals surface area (Å²) < 4.78 is 43.4. The van der Waals surface area contributed by atoms with Gasteiger partial charge in [-0.05, 0) is 13.2 Å². The molecule has 1 heterocycles. The normalized spacial score (nSPS) is 30.4. The number of alkyl halides is 3. The Labute approximate surface area is 102 Å². The van der Waals surface area contributed by atoms with Gasteiger partial charge >= 0.3 is 6.18 Å². The van der Waals surface area contributed by atoms with Gasteiger partial charge in [-0.25, -0.2) is 4.99 Å². The fraction of sp³-hybridized carbons (Fsp3) is 0.889. The van der Waals surface area contributed by atoms with Crippen LogP contribution >= 0.6 is 11.8 Å². The largest absolute Gasteiger partial charge is 0.438 e. The number of halogens is 3. The van der Waals surface area contributed by atoms with E-state index in [1.54, 1.807) is 20.2 Å². The molecular weight excluding hydrogens is 257 g/mol. The van der Waals surface area contributed by atoms with Gasteiger partial charge in [0.05, 0.1) is 6.42 Å². The number of aliphatic imine (C=N–C) groups is 1. The van der Waals surface area contributed by atoms with Crippen LogP contribution < -0.4 is 0 Å². The molecule has 1 aliphatic heterocycles. The average Bonchev–Trinajstić information content (AvgIpc) is 2.22. The molecule has 2 unspecified atom stereocenters. The number of thioether (sulfide) groups is 1. The Morgan fingerprint density at radius 2 is 2.24 bits per heavy atom. The number of amidine groups is 1. The van der Waals surface area contributed by atoms with Crippen LogP contribution in [0, 0.1) is 0 Å². The van der Waals surface area contributed by atoms with Crippen LogP contribution in [-0.4, -0.2) is 53.2 Å². The quantitative estimate of drug-likeness (QED) is 0.830. The van der Waals surface area contributed by atoms with Gasteiger partial charge in [-0.2, -0.15) is 13.2 Å². The Morgan fingerprint density at radius 3 is 2.65 bits per heavy atom. The highest BCUT2D eigenvalue weighted by atomic mass is 32.2. The van der Waals surface area contributed by atoms with Crippen LogP contribution in [0.5, 0.6) is 0 Å². The van der Waals surface area contributed by atoms with Crippen LogP contribution in [0.3, 0.4) is 0 Å². The van der Waals surface area contributed by atoms with E-state index in [-0.39, 0.29) is 11.8 Å². The summed E-state index contributed by atoms with van der Waals surface area (Å²) in [5, 5.41) is 9.70. The Bertz CT molecular complexity index is 311. The van der Waals surface area contributed by atoms with Crippen molar-refractivity contribution in [3.63, 3.8) is 0 Å². The molecule has 17 heavy (non-hydrogen) atoms. The average molecular weight is 272 g/mol. The molecule has 1 N–H and O–H groups in total. The number of ether oxygens (including phenoxy) is 1. The molecule has 0 aromatic carbocycles.